The number of likely N-dealkylation sites (N-methyl/N-ethyl adjacent to an activating group) is 2. The molecule has 6 heteroatoms. The van der Waals surface area contributed by atoms with E-state index in [1.807, 2.05) is 0 Å². The van der Waals surface area contributed by atoms with Gasteiger partial charge >= 0.3 is 0 Å². The van der Waals surface area contributed by atoms with Gasteiger partial charge in [0.2, 0.25) is 0 Å². The van der Waals surface area contributed by atoms with E-state index in [9.17, 15) is 0 Å². The topological polar surface area (TPSA) is 24.9 Å². The summed E-state index contributed by atoms with van der Waals surface area (Å²) in [6, 6.07) is 56.0. The van der Waals surface area contributed by atoms with Crippen molar-refractivity contribution in [2.45, 2.75) is 26.7 Å². The summed E-state index contributed by atoms with van der Waals surface area (Å²) in [5.41, 5.74) is 12.5. The highest BCUT2D eigenvalue weighted by Gasteiger charge is 2.15. The van der Waals surface area contributed by atoms with Crippen molar-refractivity contribution in [3.8, 4) is 11.5 Å². The smallest absolute Gasteiger partial charge is 0.119 e. The van der Waals surface area contributed by atoms with E-state index < -0.39 is 0 Å². The van der Waals surface area contributed by atoms with Crippen molar-refractivity contribution in [3.63, 3.8) is 0 Å². The maximum Gasteiger partial charge on any atom is 0.119 e. The van der Waals surface area contributed by atoms with Crippen LogP contribution in [0.4, 0.5) is 0 Å². The van der Waals surface area contributed by atoms with E-state index in [2.05, 4.69) is 234 Å². The van der Waals surface area contributed by atoms with Crippen molar-refractivity contribution >= 4 is 60.8 Å². The first-order valence-electron chi connectivity index (χ1n) is 20.3. The average Bonchev–Trinajstić information content (AvgIpc) is 3.26. The summed E-state index contributed by atoms with van der Waals surface area (Å²) in [6.07, 6.45) is 1.87. The molecular weight excluding hydrogens is 891 g/mol. The fourth-order valence-electron chi connectivity index (χ4n) is 7.23. The number of ether oxygens (including phenoxy) is 2. The van der Waals surface area contributed by atoms with Crippen LogP contribution in [0.5, 0.6) is 11.5 Å². The molecule has 0 fully saturated rings. The van der Waals surface area contributed by atoms with Gasteiger partial charge in [0.05, 0.1) is 0 Å². The summed E-state index contributed by atoms with van der Waals surface area (Å²) in [7, 11) is 4.31. The number of nitrogens with zero attached hydrogens (tertiary/aromatic N) is 2. The number of hydrogen-bond acceptors (Lipinski definition) is 4. The van der Waals surface area contributed by atoms with Crippen molar-refractivity contribution in [1.29, 1.82) is 0 Å². The lowest BCUT2D eigenvalue weighted by atomic mass is 9.88. The van der Waals surface area contributed by atoms with Gasteiger partial charge in [-0.15, -0.1) is 0 Å². The summed E-state index contributed by atoms with van der Waals surface area (Å²) < 4.78 is 14.7. The predicted molar refractivity (Wildman–Crippen MR) is 257 cm³/mol. The number of rotatable bonds is 19. The SMILES string of the molecule is CC/C(=C(\c1ccc(Br)cc1)c1ccc(OCCN(C)CCN(C)CCOc2ccc(/C(=C(/CC)c3ccccc3)c3ccc(I)cc3)cc2)cc1)c1ccccc1. The van der Waals surface area contributed by atoms with Crippen molar-refractivity contribution in [1.82, 2.24) is 9.80 Å². The summed E-state index contributed by atoms with van der Waals surface area (Å²) in [4.78, 5) is 4.65. The minimum absolute atomic E-state index is 0.629. The Bertz CT molecular complexity index is 2060. The highest BCUT2D eigenvalue weighted by molar-refractivity contribution is 14.1. The third-order valence-corrected chi connectivity index (χ3v) is 11.7. The molecule has 0 radical (unpaired) electrons. The zero-order valence-electron chi connectivity index (χ0n) is 34.1. The Hall–Kier alpha value is -4.47. The molecule has 298 valence electrons. The molecule has 0 aliphatic carbocycles. The largest absolute Gasteiger partial charge is 0.492 e. The van der Waals surface area contributed by atoms with Gasteiger partial charge in [-0.25, -0.2) is 0 Å². The molecule has 0 bridgehead atoms. The number of hydrogen-bond donors (Lipinski definition) is 0. The molecule has 6 aromatic rings. The molecule has 6 aromatic carbocycles. The summed E-state index contributed by atoms with van der Waals surface area (Å²) in [5, 5.41) is 0. The van der Waals surface area contributed by atoms with Gasteiger partial charge in [0, 0.05) is 34.2 Å². The summed E-state index contributed by atoms with van der Waals surface area (Å²) in [6.45, 7) is 9.32. The van der Waals surface area contributed by atoms with Crippen LogP contribution in [0.25, 0.3) is 22.3 Å². The van der Waals surface area contributed by atoms with Crippen molar-refractivity contribution in [2.75, 3.05) is 53.5 Å². The molecule has 0 aliphatic heterocycles. The Morgan fingerprint density at radius 3 is 1.16 bits per heavy atom. The Labute approximate surface area is 368 Å². The van der Waals surface area contributed by atoms with E-state index >= 15 is 0 Å². The molecule has 0 atom stereocenters. The van der Waals surface area contributed by atoms with Crippen LogP contribution in [0.1, 0.15) is 60.1 Å². The summed E-state index contributed by atoms with van der Waals surface area (Å²) >= 11 is 5.98. The third kappa shape index (κ3) is 12.0. The maximum atomic E-state index is 6.22. The standard InChI is InChI=1S/C52H54BrIN2O2/c1-5-49(39-13-9-7-10-14-39)51(41-17-25-45(53)26-18-41)43-21-29-47(30-22-43)57-37-35-55(3)33-34-56(4)36-38-58-48-31-23-44(24-32-48)52(42-19-27-46(54)28-20-42)50(6-2)40-15-11-8-12-16-40/h7-32H,5-6,33-38H2,1-4H3/b51-49-,52-50-. The minimum Gasteiger partial charge on any atom is -0.492 e. The van der Waals surface area contributed by atoms with Crippen LogP contribution < -0.4 is 9.47 Å². The highest BCUT2D eigenvalue weighted by atomic mass is 127. The van der Waals surface area contributed by atoms with Crippen LogP contribution in [0.3, 0.4) is 0 Å². The second-order valence-electron chi connectivity index (χ2n) is 14.5. The number of allylic oxidation sites excluding steroid dienone is 2. The molecule has 0 heterocycles. The highest BCUT2D eigenvalue weighted by Crippen LogP contribution is 2.37. The van der Waals surface area contributed by atoms with Crippen molar-refractivity contribution < 1.29 is 9.47 Å². The van der Waals surface area contributed by atoms with E-state index in [4.69, 9.17) is 9.47 Å². The molecule has 0 aliphatic rings. The lowest BCUT2D eigenvalue weighted by Gasteiger charge is -2.22. The second kappa shape index (κ2) is 22.1. The van der Waals surface area contributed by atoms with Crippen LogP contribution in [0, 0.1) is 3.57 Å². The van der Waals surface area contributed by atoms with Crippen LogP contribution in [0.15, 0.2) is 162 Å². The van der Waals surface area contributed by atoms with Crippen LogP contribution in [-0.2, 0) is 0 Å². The van der Waals surface area contributed by atoms with E-state index in [1.54, 1.807) is 0 Å². The van der Waals surface area contributed by atoms with E-state index in [1.165, 1.54) is 59.2 Å². The first-order chi connectivity index (χ1) is 28.3. The van der Waals surface area contributed by atoms with Gasteiger partial charge in [0.15, 0.2) is 0 Å². The quantitative estimate of drug-likeness (QED) is 0.0597. The van der Waals surface area contributed by atoms with Crippen molar-refractivity contribution in [2.24, 2.45) is 0 Å². The van der Waals surface area contributed by atoms with Gasteiger partial charge < -0.3 is 19.3 Å². The number of benzene rings is 6. The monoisotopic (exact) mass is 944 g/mol. The Morgan fingerprint density at radius 1 is 0.448 bits per heavy atom. The molecule has 4 nitrogen and oxygen atoms in total. The summed E-state index contributed by atoms with van der Waals surface area (Å²) in [5.74, 6) is 1.78. The van der Waals surface area contributed by atoms with Gasteiger partial charge in [-0.3, -0.25) is 0 Å². The molecule has 0 unspecified atom stereocenters. The van der Waals surface area contributed by atoms with Gasteiger partial charge in [-0.2, -0.15) is 0 Å². The Kier molecular flexibility index (Phi) is 16.4. The molecule has 58 heavy (non-hydrogen) atoms. The zero-order chi connectivity index (χ0) is 40.7. The van der Waals surface area contributed by atoms with Crippen LogP contribution in [0.2, 0.25) is 0 Å². The van der Waals surface area contributed by atoms with Crippen LogP contribution in [-0.4, -0.2) is 63.3 Å². The van der Waals surface area contributed by atoms with Gasteiger partial charge in [0.25, 0.3) is 0 Å². The molecule has 0 amide bonds. The molecule has 0 N–H and O–H groups in total. The Balaban J connectivity index is 0.975. The first kappa shape index (κ1) is 43.1. The molecular formula is C52H54BrIN2O2. The second-order valence-corrected chi connectivity index (χ2v) is 16.7. The van der Waals surface area contributed by atoms with E-state index in [0.717, 1.165) is 55.0 Å². The van der Waals surface area contributed by atoms with E-state index in [-0.39, 0.29) is 0 Å². The van der Waals surface area contributed by atoms with Crippen molar-refractivity contribution in [3.05, 3.63) is 199 Å². The van der Waals surface area contributed by atoms with Crippen LogP contribution >= 0.6 is 38.5 Å². The molecule has 0 aromatic heterocycles. The molecule has 0 saturated heterocycles. The van der Waals surface area contributed by atoms with Gasteiger partial charge in [-0.05, 0) is 154 Å². The fourth-order valence-corrected chi connectivity index (χ4v) is 7.86. The van der Waals surface area contributed by atoms with Gasteiger partial charge in [0.1, 0.15) is 24.7 Å². The van der Waals surface area contributed by atoms with E-state index in [0.29, 0.717) is 13.2 Å². The lowest BCUT2D eigenvalue weighted by Crippen LogP contribution is -2.34. The number of halogens is 2. The lowest BCUT2D eigenvalue weighted by molar-refractivity contribution is 0.195. The predicted octanol–water partition coefficient (Wildman–Crippen LogP) is 13.1. The maximum absolute atomic E-state index is 6.22. The zero-order valence-corrected chi connectivity index (χ0v) is 37.9. The normalized spacial score (nSPS) is 12.3. The molecule has 0 spiro atoms. The fraction of sp³-hybridized carbons (Fsp3) is 0.231. The first-order valence-corrected chi connectivity index (χ1v) is 22.1. The molecule has 6 rings (SSSR count). The minimum atomic E-state index is 0.629. The van der Waals surface area contributed by atoms with Gasteiger partial charge in [-0.1, -0.05) is 139 Å². The average molecular weight is 946 g/mol. The third-order valence-electron chi connectivity index (χ3n) is 10.5. The molecule has 0 saturated carbocycles. The Morgan fingerprint density at radius 2 is 0.793 bits per heavy atom.